The highest BCUT2D eigenvalue weighted by Gasteiger charge is 2.48. The van der Waals surface area contributed by atoms with Crippen LogP contribution in [-0.2, 0) is 36.7 Å². The Balaban J connectivity index is 1.46. The van der Waals surface area contributed by atoms with Crippen molar-refractivity contribution in [3.63, 3.8) is 0 Å². The zero-order chi connectivity index (χ0) is 33.7. The van der Waals surface area contributed by atoms with Crippen molar-refractivity contribution in [1.82, 2.24) is 15.5 Å². The highest BCUT2D eigenvalue weighted by molar-refractivity contribution is 5.79. The van der Waals surface area contributed by atoms with E-state index in [-0.39, 0.29) is 18.4 Å². The lowest BCUT2D eigenvalue weighted by Gasteiger charge is -2.44. The quantitative estimate of drug-likeness (QED) is 0.370. The second kappa shape index (κ2) is 14.3. The molecule has 0 radical (unpaired) electrons. The van der Waals surface area contributed by atoms with Gasteiger partial charge in [0.25, 0.3) is 0 Å². The lowest BCUT2D eigenvalue weighted by Crippen LogP contribution is -2.56. The highest BCUT2D eigenvalue weighted by Crippen LogP contribution is 2.42. The maximum atomic E-state index is 13.1. The maximum Gasteiger partial charge on any atom is 0.509 e. The van der Waals surface area contributed by atoms with E-state index >= 15 is 0 Å². The predicted octanol–water partition coefficient (Wildman–Crippen LogP) is 5.30. The summed E-state index contributed by atoms with van der Waals surface area (Å²) in [5.74, 6) is 0.326. The molecule has 2 amide bonds. The van der Waals surface area contributed by atoms with Crippen molar-refractivity contribution in [1.29, 1.82) is 0 Å². The monoisotopic (exact) mass is 639 g/mol. The SMILES string of the molecule is CC(C)(C)OC(=O)N[C@@H]1c2cc(CC(=O)NCC3CN(Cc4ccccc4)CCO3)ccc2OC(C)(C)[C@H]1OC(=O)OC(C)(C)C. The molecule has 2 aliphatic heterocycles. The molecule has 1 saturated heterocycles. The molecule has 4 rings (SSSR count). The first kappa shape index (κ1) is 35.0. The van der Waals surface area contributed by atoms with E-state index in [1.165, 1.54) is 5.56 Å². The van der Waals surface area contributed by atoms with E-state index in [9.17, 15) is 14.4 Å². The van der Waals surface area contributed by atoms with Gasteiger partial charge in [-0.2, -0.15) is 0 Å². The van der Waals surface area contributed by atoms with Crippen LogP contribution in [0.4, 0.5) is 9.59 Å². The van der Waals surface area contributed by atoms with Gasteiger partial charge in [-0.15, -0.1) is 0 Å². The van der Waals surface area contributed by atoms with Crippen molar-refractivity contribution >= 4 is 18.2 Å². The van der Waals surface area contributed by atoms with Crippen LogP contribution in [0.15, 0.2) is 48.5 Å². The van der Waals surface area contributed by atoms with E-state index in [1.54, 1.807) is 67.5 Å². The normalized spacial score (nSPS) is 21.3. The van der Waals surface area contributed by atoms with E-state index < -0.39 is 41.2 Å². The van der Waals surface area contributed by atoms with Gasteiger partial charge in [-0.3, -0.25) is 9.69 Å². The summed E-state index contributed by atoms with van der Waals surface area (Å²) < 4.78 is 29.0. The number of amides is 2. The molecule has 11 heteroatoms. The molecule has 46 heavy (non-hydrogen) atoms. The Morgan fingerprint density at radius 2 is 1.65 bits per heavy atom. The molecule has 3 atom stereocenters. The van der Waals surface area contributed by atoms with E-state index in [0.717, 1.165) is 19.6 Å². The van der Waals surface area contributed by atoms with Crippen LogP contribution in [-0.4, -0.2) is 78.3 Å². The number of hydrogen-bond acceptors (Lipinski definition) is 9. The summed E-state index contributed by atoms with van der Waals surface area (Å²) in [4.78, 5) is 41.2. The van der Waals surface area contributed by atoms with Gasteiger partial charge in [0, 0.05) is 31.7 Å². The number of carbonyl (C=O) groups excluding carboxylic acids is 3. The van der Waals surface area contributed by atoms with E-state index in [0.29, 0.717) is 30.0 Å². The third kappa shape index (κ3) is 10.3. The third-order valence-corrected chi connectivity index (χ3v) is 7.42. The molecule has 2 aromatic carbocycles. The summed E-state index contributed by atoms with van der Waals surface area (Å²) in [6.07, 6.45) is -2.58. The van der Waals surface area contributed by atoms with Gasteiger partial charge in [0.05, 0.1) is 19.1 Å². The molecule has 0 spiro atoms. The fraction of sp³-hybridized carbons (Fsp3) is 0.571. The van der Waals surface area contributed by atoms with Crippen molar-refractivity contribution in [2.75, 3.05) is 26.2 Å². The van der Waals surface area contributed by atoms with Gasteiger partial charge in [0.2, 0.25) is 5.91 Å². The van der Waals surface area contributed by atoms with Gasteiger partial charge in [-0.1, -0.05) is 36.4 Å². The molecule has 0 aromatic heterocycles. The number of fused-ring (bicyclic) bond motifs is 1. The van der Waals surface area contributed by atoms with Gasteiger partial charge in [-0.25, -0.2) is 9.59 Å². The molecule has 2 N–H and O–H groups in total. The number of carbonyl (C=O) groups is 3. The zero-order valence-corrected chi connectivity index (χ0v) is 28.3. The molecular formula is C35H49N3O8. The van der Waals surface area contributed by atoms with E-state index in [4.69, 9.17) is 23.7 Å². The maximum absolute atomic E-state index is 13.1. The minimum Gasteiger partial charge on any atom is -0.484 e. The van der Waals surface area contributed by atoms with E-state index in [1.807, 2.05) is 24.3 Å². The van der Waals surface area contributed by atoms with Crippen LogP contribution in [0, 0.1) is 0 Å². The summed E-state index contributed by atoms with van der Waals surface area (Å²) in [5.41, 5.74) is -0.0956. The largest absolute Gasteiger partial charge is 0.509 e. The third-order valence-electron chi connectivity index (χ3n) is 7.42. The number of morpholine rings is 1. The first-order valence-electron chi connectivity index (χ1n) is 15.8. The average Bonchev–Trinajstić information content (AvgIpc) is 2.93. The number of alkyl carbamates (subject to hydrolysis) is 1. The number of hydrogen-bond donors (Lipinski definition) is 2. The van der Waals surface area contributed by atoms with Crippen molar-refractivity contribution in [2.45, 2.75) is 103 Å². The molecule has 2 heterocycles. The topological polar surface area (TPSA) is 125 Å². The Morgan fingerprint density at radius 1 is 0.957 bits per heavy atom. The highest BCUT2D eigenvalue weighted by atomic mass is 16.7. The summed E-state index contributed by atoms with van der Waals surface area (Å²) >= 11 is 0. The second-order valence-corrected chi connectivity index (χ2v) is 14.4. The van der Waals surface area contributed by atoms with Crippen LogP contribution in [0.25, 0.3) is 0 Å². The van der Waals surface area contributed by atoms with Crippen LogP contribution in [0.3, 0.4) is 0 Å². The molecule has 1 fully saturated rings. The summed E-state index contributed by atoms with van der Waals surface area (Å²) in [6.45, 7) is 17.4. The smallest absolute Gasteiger partial charge is 0.484 e. The van der Waals surface area contributed by atoms with Gasteiger partial charge >= 0.3 is 12.2 Å². The minimum atomic E-state index is -1.04. The molecule has 1 unspecified atom stereocenters. The number of nitrogens with one attached hydrogen (secondary N) is 2. The number of rotatable bonds is 8. The van der Waals surface area contributed by atoms with Crippen molar-refractivity contribution in [3.05, 3.63) is 65.2 Å². The Kier molecular flexibility index (Phi) is 10.9. The number of benzene rings is 2. The molecule has 0 bridgehead atoms. The Labute approximate surface area is 272 Å². The molecule has 11 nitrogen and oxygen atoms in total. The van der Waals surface area contributed by atoms with Crippen LogP contribution < -0.4 is 15.4 Å². The van der Waals surface area contributed by atoms with Crippen LogP contribution in [0.1, 0.15) is 78.1 Å². The van der Waals surface area contributed by atoms with Crippen LogP contribution in [0.5, 0.6) is 5.75 Å². The van der Waals surface area contributed by atoms with Gasteiger partial charge in [0.15, 0.2) is 6.10 Å². The molecule has 2 aromatic rings. The Morgan fingerprint density at radius 3 is 2.33 bits per heavy atom. The van der Waals surface area contributed by atoms with E-state index in [2.05, 4.69) is 27.7 Å². The van der Waals surface area contributed by atoms with Gasteiger partial charge < -0.3 is 34.3 Å². The minimum absolute atomic E-state index is 0.0911. The number of nitrogens with zero attached hydrogens (tertiary/aromatic N) is 1. The van der Waals surface area contributed by atoms with Crippen LogP contribution in [0.2, 0.25) is 0 Å². The molecule has 0 saturated carbocycles. The van der Waals surface area contributed by atoms with Gasteiger partial charge in [0.1, 0.15) is 28.6 Å². The molecule has 2 aliphatic rings. The number of ether oxygens (including phenoxy) is 5. The van der Waals surface area contributed by atoms with Gasteiger partial charge in [-0.05, 0) is 78.6 Å². The summed E-state index contributed by atoms with van der Waals surface area (Å²) in [6, 6.07) is 14.8. The fourth-order valence-corrected chi connectivity index (χ4v) is 5.49. The van der Waals surface area contributed by atoms with Crippen molar-refractivity contribution in [3.8, 4) is 5.75 Å². The Hall–Kier alpha value is -3.83. The van der Waals surface area contributed by atoms with Crippen LogP contribution >= 0.6 is 0 Å². The van der Waals surface area contributed by atoms with Crippen molar-refractivity contribution < 1.29 is 38.1 Å². The average molecular weight is 640 g/mol. The second-order valence-electron chi connectivity index (χ2n) is 14.4. The zero-order valence-electron chi connectivity index (χ0n) is 28.3. The fourth-order valence-electron chi connectivity index (χ4n) is 5.49. The first-order valence-corrected chi connectivity index (χ1v) is 15.8. The lowest BCUT2D eigenvalue weighted by atomic mass is 9.85. The standard InChI is InChI=1S/C35H49N3O8/c1-33(2,3)45-31(40)37-29-26-18-24(14-15-27(26)44-35(7,8)30(29)43-32(41)46-34(4,5)6)19-28(39)36-20-25-22-38(16-17-42-25)21-23-12-10-9-11-13-23/h9-15,18,25,29-30H,16-17,19-22H2,1-8H3,(H,36,39)(H,37,40)/t25?,29-,30+/m1/s1. The summed E-state index contributed by atoms with van der Waals surface area (Å²) in [5, 5.41) is 5.89. The Bertz CT molecular complexity index is 1370. The van der Waals surface area contributed by atoms with Crippen molar-refractivity contribution in [2.24, 2.45) is 0 Å². The lowest BCUT2D eigenvalue weighted by molar-refractivity contribution is -0.121. The molecule has 0 aliphatic carbocycles. The summed E-state index contributed by atoms with van der Waals surface area (Å²) in [7, 11) is 0. The first-order chi connectivity index (χ1) is 21.5. The molecular weight excluding hydrogens is 590 g/mol. The predicted molar refractivity (Wildman–Crippen MR) is 173 cm³/mol. The molecule has 252 valence electrons.